The van der Waals surface area contributed by atoms with E-state index in [1.807, 2.05) is 32.0 Å². The summed E-state index contributed by atoms with van der Waals surface area (Å²) in [4.78, 5) is 12.5. The molecule has 3 heteroatoms. The molecule has 110 valence electrons. The molecule has 1 aliphatic carbocycles. The van der Waals surface area contributed by atoms with Crippen LogP contribution < -0.4 is 10.6 Å². The number of hydrogen-bond acceptors (Lipinski definition) is 2. The van der Waals surface area contributed by atoms with Crippen molar-refractivity contribution in [2.24, 2.45) is 5.92 Å². The van der Waals surface area contributed by atoms with Gasteiger partial charge in [-0.15, -0.1) is 0 Å². The summed E-state index contributed by atoms with van der Waals surface area (Å²) in [5.74, 6) is 0.781. The Hall–Kier alpha value is -1.51. The molecule has 2 N–H and O–H groups in total. The Kier molecular flexibility index (Phi) is 5.05. The number of benzene rings is 1. The van der Waals surface area contributed by atoms with Crippen LogP contribution in [0.3, 0.4) is 0 Å². The molecule has 0 heterocycles. The van der Waals surface area contributed by atoms with Gasteiger partial charge in [-0.2, -0.15) is 0 Å². The first-order valence-corrected chi connectivity index (χ1v) is 7.75. The molecule has 0 aromatic heterocycles. The van der Waals surface area contributed by atoms with Crippen molar-refractivity contribution in [3.63, 3.8) is 0 Å². The van der Waals surface area contributed by atoms with Crippen molar-refractivity contribution in [3.05, 3.63) is 29.3 Å². The molecule has 1 aromatic rings. The van der Waals surface area contributed by atoms with Gasteiger partial charge in [-0.1, -0.05) is 31.4 Å². The third-order valence-corrected chi connectivity index (χ3v) is 4.06. The summed E-state index contributed by atoms with van der Waals surface area (Å²) in [5, 5.41) is 6.48. The van der Waals surface area contributed by atoms with E-state index >= 15 is 0 Å². The Balaban J connectivity index is 2.09. The van der Waals surface area contributed by atoms with Gasteiger partial charge in [0, 0.05) is 18.3 Å². The second-order valence-corrected chi connectivity index (χ2v) is 6.02. The van der Waals surface area contributed by atoms with Gasteiger partial charge in [-0.25, -0.2) is 0 Å². The van der Waals surface area contributed by atoms with Gasteiger partial charge in [0.05, 0.1) is 5.56 Å². The molecule has 1 aromatic carbocycles. The Bertz CT molecular complexity index is 470. The van der Waals surface area contributed by atoms with Crippen LogP contribution >= 0.6 is 0 Å². The fourth-order valence-electron chi connectivity index (χ4n) is 3.02. The van der Waals surface area contributed by atoms with Crippen LogP contribution in [0.5, 0.6) is 0 Å². The van der Waals surface area contributed by atoms with Crippen molar-refractivity contribution in [1.29, 1.82) is 0 Å². The quantitative estimate of drug-likeness (QED) is 0.878. The van der Waals surface area contributed by atoms with Crippen molar-refractivity contribution >= 4 is 11.6 Å². The molecular formula is C17H26N2O. The van der Waals surface area contributed by atoms with Gasteiger partial charge in [-0.3, -0.25) is 4.79 Å². The summed E-state index contributed by atoms with van der Waals surface area (Å²) < 4.78 is 0. The van der Waals surface area contributed by atoms with Gasteiger partial charge in [0.25, 0.3) is 5.91 Å². The van der Waals surface area contributed by atoms with Crippen molar-refractivity contribution < 1.29 is 4.79 Å². The van der Waals surface area contributed by atoms with Crippen molar-refractivity contribution in [2.75, 3.05) is 11.9 Å². The molecule has 20 heavy (non-hydrogen) atoms. The van der Waals surface area contributed by atoms with Crippen LogP contribution in [0, 0.1) is 12.8 Å². The Morgan fingerprint density at radius 1 is 1.35 bits per heavy atom. The van der Waals surface area contributed by atoms with Gasteiger partial charge in [-0.05, 0) is 44.7 Å². The van der Waals surface area contributed by atoms with Crippen LogP contribution in [0.2, 0.25) is 0 Å². The maximum absolute atomic E-state index is 12.5. The van der Waals surface area contributed by atoms with E-state index < -0.39 is 0 Å². The number of rotatable bonds is 4. The van der Waals surface area contributed by atoms with Crippen LogP contribution in [0.1, 0.15) is 55.5 Å². The van der Waals surface area contributed by atoms with E-state index in [4.69, 9.17) is 0 Å². The highest BCUT2D eigenvalue weighted by Crippen LogP contribution is 2.24. The van der Waals surface area contributed by atoms with Crippen LogP contribution in [0.4, 0.5) is 5.69 Å². The number of anilines is 1. The normalized spacial score (nSPS) is 22.4. The second-order valence-electron chi connectivity index (χ2n) is 6.02. The van der Waals surface area contributed by atoms with E-state index in [2.05, 4.69) is 17.6 Å². The highest BCUT2D eigenvalue weighted by atomic mass is 16.1. The molecule has 0 aliphatic heterocycles. The number of carbonyl (C=O) groups excluding carboxylic acids is 1. The fourth-order valence-corrected chi connectivity index (χ4v) is 3.02. The molecule has 1 fully saturated rings. The minimum absolute atomic E-state index is 0.0590. The first-order valence-electron chi connectivity index (χ1n) is 7.75. The summed E-state index contributed by atoms with van der Waals surface area (Å²) in [6.07, 6.45) is 4.73. The third-order valence-electron chi connectivity index (χ3n) is 4.06. The number of nitrogens with one attached hydrogen (secondary N) is 2. The average molecular weight is 274 g/mol. The first-order chi connectivity index (χ1) is 9.60. The lowest BCUT2D eigenvalue weighted by Gasteiger charge is -2.27. The number of aryl methyl sites for hydroxylation is 1. The number of hydrogen-bond donors (Lipinski definition) is 2. The first kappa shape index (κ1) is 14.9. The van der Waals surface area contributed by atoms with Gasteiger partial charge in [0.15, 0.2) is 0 Å². The lowest BCUT2D eigenvalue weighted by atomic mass is 9.87. The second kappa shape index (κ2) is 6.78. The van der Waals surface area contributed by atoms with E-state index in [1.165, 1.54) is 12.8 Å². The molecule has 0 spiro atoms. The lowest BCUT2D eigenvalue weighted by Crippen LogP contribution is -2.38. The van der Waals surface area contributed by atoms with E-state index in [1.54, 1.807) is 0 Å². The summed E-state index contributed by atoms with van der Waals surface area (Å²) in [6, 6.07) is 6.34. The zero-order valence-corrected chi connectivity index (χ0v) is 12.8. The van der Waals surface area contributed by atoms with E-state index in [-0.39, 0.29) is 5.91 Å². The molecule has 1 aliphatic rings. The number of amides is 1. The molecule has 0 radical (unpaired) electrons. The molecule has 2 unspecified atom stereocenters. The van der Waals surface area contributed by atoms with Crippen LogP contribution in [-0.4, -0.2) is 18.5 Å². The molecular weight excluding hydrogens is 248 g/mol. The Labute approximate surface area is 122 Å². The minimum atomic E-state index is 0.0590. The summed E-state index contributed by atoms with van der Waals surface area (Å²) in [6.45, 7) is 7.17. The van der Waals surface area contributed by atoms with Crippen LogP contribution in [0.25, 0.3) is 0 Å². The van der Waals surface area contributed by atoms with Gasteiger partial charge in [0.1, 0.15) is 0 Å². The van der Waals surface area contributed by atoms with Crippen molar-refractivity contribution in [3.8, 4) is 0 Å². The fraction of sp³-hybridized carbons (Fsp3) is 0.588. The van der Waals surface area contributed by atoms with E-state index in [0.717, 1.165) is 42.1 Å². The summed E-state index contributed by atoms with van der Waals surface area (Å²) in [7, 11) is 0. The topological polar surface area (TPSA) is 41.1 Å². The standard InChI is InChI=1S/C17H26N2O/c1-4-18-16-9-8-13(3)11-15(16)17(20)19-14-7-5-6-12(2)10-14/h8-9,11-12,14,18H,4-7,10H2,1-3H3,(H,19,20). The Morgan fingerprint density at radius 2 is 2.15 bits per heavy atom. The maximum Gasteiger partial charge on any atom is 0.253 e. The van der Waals surface area contributed by atoms with Crippen LogP contribution in [0.15, 0.2) is 18.2 Å². The molecule has 1 saturated carbocycles. The summed E-state index contributed by atoms with van der Waals surface area (Å²) >= 11 is 0. The zero-order chi connectivity index (χ0) is 14.5. The minimum Gasteiger partial charge on any atom is -0.385 e. The van der Waals surface area contributed by atoms with Gasteiger partial charge >= 0.3 is 0 Å². The molecule has 2 atom stereocenters. The van der Waals surface area contributed by atoms with Gasteiger partial charge < -0.3 is 10.6 Å². The van der Waals surface area contributed by atoms with Crippen molar-refractivity contribution in [2.45, 2.75) is 52.5 Å². The molecule has 2 rings (SSSR count). The smallest absolute Gasteiger partial charge is 0.253 e. The largest absolute Gasteiger partial charge is 0.385 e. The SMILES string of the molecule is CCNc1ccc(C)cc1C(=O)NC1CCCC(C)C1. The average Bonchev–Trinajstić information content (AvgIpc) is 2.41. The molecule has 1 amide bonds. The molecule has 0 bridgehead atoms. The van der Waals surface area contributed by atoms with E-state index in [0.29, 0.717) is 6.04 Å². The van der Waals surface area contributed by atoms with Crippen molar-refractivity contribution in [1.82, 2.24) is 5.32 Å². The predicted octanol–water partition coefficient (Wildman–Crippen LogP) is 3.74. The van der Waals surface area contributed by atoms with Gasteiger partial charge in [0.2, 0.25) is 0 Å². The highest BCUT2D eigenvalue weighted by Gasteiger charge is 2.22. The Morgan fingerprint density at radius 3 is 2.85 bits per heavy atom. The zero-order valence-electron chi connectivity index (χ0n) is 12.8. The monoisotopic (exact) mass is 274 g/mol. The predicted molar refractivity (Wildman–Crippen MR) is 84.2 cm³/mol. The van der Waals surface area contributed by atoms with Crippen LogP contribution in [-0.2, 0) is 0 Å². The number of carbonyl (C=O) groups is 1. The van der Waals surface area contributed by atoms with E-state index in [9.17, 15) is 4.79 Å². The molecule has 3 nitrogen and oxygen atoms in total. The third kappa shape index (κ3) is 3.75. The maximum atomic E-state index is 12.5. The highest BCUT2D eigenvalue weighted by molar-refractivity contribution is 6.00. The molecule has 0 saturated heterocycles. The lowest BCUT2D eigenvalue weighted by molar-refractivity contribution is 0.0922. The summed E-state index contributed by atoms with van der Waals surface area (Å²) in [5.41, 5.74) is 2.82.